The third-order valence-electron chi connectivity index (χ3n) is 2.61. The molecule has 2 N–H and O–H groups in total. The first-order valence-electron chi connectivity index (χ1n) is 5.31. The Morgan fingerprint density at radius 2 is 2.12 bits per heavy atom. The molecule has 0 aliphatic carbocycles. The van der Waals surface area contributed by atoms with Gasteiger partial charge in [0.05, 0.1) is 5.69 Å². The number of aliphatic hydroxyl groups excluding tert-OH is 1. The number of rotatable bonds is 4. The number of aryl methyl sites for hydroxylation is 2. The summed E-state index contributed by atoms with van der Waals surface area (Å²) in [5, 5.41) is 11.7. The van der Waals surface area contributed by atoms with Gasteiger partial charge in [0, 0.05) is 19.6 Å². The predicted octanol–water partition coefficient (Wildman–Crippen LogP) is 1.04. The highest BCUT2D eigenvalue weighted by molar-refractivity contribution is 5.92. The molecule has 2 unspecified atom stereocenters. The number of hydrogen-bond donors (Lipinski definition) is 2. The van der Waals surface area contributed by atoms with E-state index in [2.05, 4.69) is 10.3 Å². The first kappa shape index (κ1) is 12.7. The van der Waals surface area contributed by atoms with Crippen LogP contribution in [0.2, 0.25) is 0 Å². The number of amides is 1. The largest absolute Gasteiger partial charge is 0.436 e. The summed E-state index contributed by atoms with van der Waals surface area (Å²) in [5.74, 6) is 0.444. The highest BCUT2D eigenvalue weighted by atomic mass is 16.4. The van der Waals surface area contributed by atoms with E-state index in [4.69, 9.17) is 9.52 Å². The zero-order valence-electron chi connectivity index (χ0n) is 10.1. The van der Waals surface area contributed by atoms with Crippen molar-refractivity contribution in [1.29, 1.82) is 0 Å². The smallest absolute Gasteiger partial charge is 0.289 e. The maximum Gasteiger partial charge on any atom is 0.289 e. The second kappa shape index (κ2) is 5.12. The van der Waals surface area contributed by atoms with E-state index in [1.807, 2.05) is 13.8 Å². The van der Waals surface area contributed by atoms with Crippen molar-refractivity contribution >= 4 is 5.91 Å². The summed E-state index contributed by atoms with van der Waals surface area (Å²) in [7, 11) is 0. The average molecular weight is 226 g/mol. The fourth-order valence-corrected chi connectivity index (χ4v) is 1.31. The molecule has 16 heavy (non-hydrogen) atoms. The predicted molar refractivity (Wildman–Crippen MR) is 59.2 cm³/mol. The fraction of sp³-hybridized carbons (Fsp3) is 0.636. The molecule has 0 radical (unpaired) electrons. The highest BCUT2D eigenvalue weighted by Crippen LogP contribution is 2.10. The van der Waals surface area contributed by atoms with Gasteiger partial charge in [-0.15, -0.1) is 0 Å². The van der Waals surface area contributed by atoms with Crippen LogP contribution >= 0.6 is 0 Å². The summed E-state index contributed by atoms with van der Waals surface area (Å²) in [6, 6.07) is -0.109. The molecule has 0 saturated carbocycles. The molecule has 0 bridgehead atoms. The highest BCUT2D eigenvalue weighted by Gasteiger charge is 2.20. The van der Waals surface area contributed by atoms with Gasteiger partial charge in [-0.1, -0.05) is 6.92 Å². The van der Waals surface area contributed by atoms with Crippen LogP contribution in [0, 0.1) is 19.8 Å². The van der Waals surface area contributed by atoms with Crippen molar-refractivity contribution in [3.63, 3.8) is 0 Å². The number of carbonyl (C=O) groups excluding carboxylic acids is 1. The number of oxazole rings is 1. The molecule has 1 rings (SSSR count). The lowest BCUT2D eigenvalue weighted by Gasteiger charge is -2.18. The number of aliphatic hydroxyl groups is 1. The fourth-order valence-electron chi connectivity index (χ4n) is 1.31. The van der Waals surface area contributed by atoms with E-state index in [9.17, 15) is 4.79 Å². The molecule has 1 aromatic rings. The van der Waals surface area contributed by atoms with Gasteiger partial charge in [0.2, 0.25) is 5.76 Å². The molecule has 1 heterocycles. The van der Waals surface area contributed by atoms with E-state index >= 15 is 0 Å². The SMILES string of the molecule is Cc1nc(C)c(C(=O)NC(C)C(C)CO)o1. The molecule has 1 aromatic heterocycles. The van der Waals surface area contributed by atoms with Gasteiger partial charge in [-0.25, -0.2) is 4.98 Å². The lowest BCUT2D eigenvalue weighted by atomic mass is 10.1. The van der Waals surface area contributed by atoms with Crippen LogP contribution in [0.5, 0.6) is 0 Å². The Balaban J connectivity index is 2.69. The van der Waals surface area contributed by atoms with Crippen molar-refractivity contribution < 1.29 is 14.3 Å². The molecule has 5 nitrogen and oxygen atoms in total. The minimum absolute atomic E-state index is 0.00766. The zero-order valence-corrected chi connectivity index (χ0v) is 10.1. The van der Waals surface area contributed by atoms with Crippen molar-refractivity contribution in [3.8, 4) is 0 Å². The second-order valence-electron chi connectivity index (χ2n) is 4.07. The Bertz CT molecular complexity index is 373. The molecule has 0 saturated heterocycles. The number of hydrogen-bond acceptors (Lipinski definition) is 4. The molecule has 0 spiro atoms. The van der Waals surface area contributed by atoms with Crippen LogP contribution in [0.25, 0.3) is 0 Å². The first-order valence-corrected chi connectivity index (χ1v) is 5.31. The summed E-state index contributed by atoms with van der Waals surface area (Å²) < 4.78 is 5.20. The lowest BCUT2D eigenvalue weighted by Crippen LogP contribution is -2.38. The number of nitrogens with one attached hydrogen (secondary N) is 1. The minimum atomic E-state index is -0.286. The summed E-state index contributed by atoms with van der Waals surface area (Å²) in [6.07, 6.45) is 0. The number of carbonyl (C=O) groups is 1. The number of nitrogens with zero attached hydrogens (tertiary/aromatic N) is 1. The Morgan fingerprint density at radius 1 is 1.50 bits per heavy atom. The summed E-state index contributed by atoms with van der Waals surface area (Å²) in [4.78, 5) is 15.8. The molecule has 0 aliphatic heterocycles. The van der Waals surface area contributed by atoms with Gasteiger partial charge in [0.15, 0.2) is 5.89 Å². The van der Waals surface area contributed by atoms with Crippen molar-refractivity contribution in [1.82, 2.24) is 10.3 Å². The van der Waals surface area contributed by atoms with Crippen LogP contribution in [0.1, 0.15) is 36.0 Å². The van der Waals surface area contributed by atoms with Crippen molar-refractivity contribution in [2.24, 2.45) is 5.92 Å². The normalized spacial score (nSPS) is 14.6. The van der Waals surface area contributed by atoms with E-state index in [0.717, 1.165) is 0 Å². The van der Waals surface area contributed by atoms with Crippen LogP contribution in [0.4, 0.5) is 0 Å². The molecule has 0 aromatic carbocycles. The molecule has 0 aliphatic rings. The van der Waals surface area contributed by atoms with Crippen LogP contribution < -0.4 is 5.32 Å². The first-order chi connectivity index (χ1) is 7.45. The molecule has 1 amide bonds. The maximum absolute atomic E-state index is 11.8. The summed E-state index contributed by atoms with van der Waals surface area (Å²) in [6.45, 7) is 7.17. The summed E-state index contributed by atoms with van der Waals surface area (Å²) in [5.41, 5.74) is 0.582. The quantitative estimate of drug-likeness (QED) is 0.804. The van der Waals surface area contributed by atoms with Crippen molar-refractivity contribution in [2.45, 2.75) is 33.7 Å². The van der Waals surface area contributed by atoms with Gasteiger partial charge in [0.25, 0.3) is 5.91 Å². The maximum atomic E-state index is 11.8. The monoisotopic (exact) mass is 226 g/mol. The zero-order chi connectivity index (χ0) is 12.3. The standard InChI is InChI=1S/C11H18N2O3/c1-6(5-14)7(2)13-11(15)10-8(3)12-9(4)16-10/h6-7,14H,5H2,1-4H3,(H,13,15). The van der Waals surface area contributed by atoms with E-state index in [-0.39, 0.29) is 30.2 Å². The topological polar surface area (TPSA) is 75.4 Å². The Labute approximate surface area is 94.9 Å². The third-order valence-corrected chi connectivity index (χ3v) is 2.61. The number of aromatic nitrogens is 1. The van der Waals surface area contributed by atoms with Crippen LogP contribution in [-0.4, -0.2) is 28.6 Å². The van der Waals surface area contributed by atoms with Crippen molar-refractivity contribution in [3.05, 3.63) is 17.3 Å². The van der Waals surface area contributed by atoms with Crippen LogP contribution in [-0.2, 0) is 0 Å². The Morgan fingerprint density at radius 3 is 2.56 bits per heavy atom. The Kier molecular flexibility index (Phi) is 4.06. The third kappa shape index (κ3) is 2.82. The second-order valence-corrected chi connectivity index (χ2v) is 4.07. The van der Waals surface area contributed by atoms with Gasteiger partial charge >= 0.3 is 0 Å². The molecular formula is C11H18N2O3. The van der Waals surface area contributed by atoms with Crippen LogP contribution in [0.15, 0.2) is 4.42 Å². The van der Waals surface area contributed by atoms with Gasteiger partial charge in [0.1, 0.15) is 0 Å². The Hall–Kier alpha value is -1.36. The average Bonchev–Trinajstić information content (AvgIpc) is 2.56. The van der Waals surface area contributed by atoms with E-state index < -0.39 is 0 Å². The molecule has 5 heteroatoms. The molecule has 2 atom stereocenters. The van der Waals surface area contributed by atoms with Gasteiger partial charge in [-0.2, -0.15) is 0 Å². The molecule has 0 fully saturated rings. The van der Waals surface area contributed by atoms with Gasteiger partial charge < -0.3 is 14.8 Å². The van der Waals surface area contributed by atoms with Gasteiger partial charge in [-0.3, -0.25) is 4.79 Å². The van der Waals surface area contributed by atoms with Crippen LogP contribution in [0.3, 0.4) is 0 Å². The van der Waals surface area contributed by atoms with Crippen molar-refractivity contribution in [2.75, 3.05) is 6.61 Å². The lowest BCUT2D eigenvalue weighted by molar-refractivity contribution is 0.0886. The summed E-state index contributed by atoms with van der Waals surface area (Å²) >= 11 is 0. The van der Waals surface area contributed by atoms with E-state index in [1.165, 1.54) is 0 Å². The van der Waals surface area contributed by atoms with Gasteiger partial charge in [-0.05, 0) is 19.8 Å². The minimum Gasteiger partial charge on any atom is -0.436 e. The van der Waals surface area contributed by atoms with E-state index in [1.54, 1.807) is 13.8 Å². The molecule has 90 valence electrons. The molecular weight excluding hydrogens is 208 g/mol. The van der Waals surface area contributed by atoms with E-state index in [0.29, 0.717) is 11.6 Å².